The number of esters is 1. The van der Waals surface area contributed by atoms with Gasteiger partial charge in [-0.05, 0) is 6.26 Å². The first-order valence-electron chi connectivity index (χ1n) is 2.49. The van der Waals surface area contributed by atoms with Gasteiger partial charge in [0.15, 0.2) is 0 Å². The minimum absolute atomic E-state index is 0.213. The van der Waals surface area contributed by atoms with E-state index in [0.29, 0.717) is 0 Å². The molecule has 0 saturated heterocycles. The van der Waals surface area contributed by atoms with Crippen molar-refractivity contribution in [1.82, 2.24) is 0 Å². The molecule has 0 rings (SSSR count). The number of ether oxygens (including phenoxy) is 1. The number of rotatable bonds is 1. The third-order valence-corrected chi connectivity index (χ3v) is 1.36. The van der Waals surface area contributed by atoms with E-state index in [2.05, 4.69) is 14.7 Å². The highest BCUT2D eigenvalue weighted by Gasteiger charge is 2.09. The van der Waals surface area contributed by atoms with Crippen LogP contribution < -0.4 is 0 Å². The highest BCUT2D eigenvalue weighted by Crippen LogP contribution is 1.99. The van der Waals surface area contributed by atoms with Gasteiger partial charge in [0.25, 0.3) is 0 Å². The Morgan fingerprint density at radius 3 is 2.40 bits per heavy atom. The Morgan fingerprint density at radius 2 is 2.10 bits per heavy atom. The molecule has 0 fully saturated rings. The molecule has 0 N–H and O–H groups in total. The molecule has 0 radical (unpaired) electrons. The van der Waals surface area contributed by atoms with Crippen LogP contribution in [0.5, 0.6) is 0 Å². The minimum atomic E-state index is -0.477. The van der Waals surface area contributed by atoms with E-state index in [0.717, 1.165) is 0 Å². The zero-order valence-electron chi connectivity index (χ0n) is 6.08. The fraction of sp³-hybridized carbons (Fsp3) is 0.600. The lowest BCUT2D eigenvalue weighted by Crippen LogP contribution is -2.11. The molecular formula is C5H9NO3S. The van der Waals surface area contributed by atoms with Crippen LogP contribution >= 0.6 is 11.8 Å². The van der Waals surface area contributed by atoms with Crippen LogP contribution in [-0.2, 0) is 14.4 Å². The molecule has 0 unspecified atom stereocenters. The summed E-state index contributed by atoms with van der Waals surface area (Å²) >= 11 is 1.18. The Morgan fingerprint density at radius 1 is 1.50 bits per heavy atom. The number of nitrogens with zero attached hydrogens (tertiary/aromatic N) is 1. The highest BCUT2D eigenvalue weighted by atomic mass is 32.2. The van der Waals surface area contributed by atoms with Gasteiger partial charge in [0.1, 0.15) is 7.11 Å². The van der Waals surface area contributed by atoms with Gasteiger partial charge >= 0.3 is 5.97 Å². The van der Waals surface area contributed by atoms with E-state index < -0.39 is 5.97 Å². The quantitative estimate of drug-likeness (QED) is 0.244. The summed E-state index contributed by atoms with van der Waals surface area (Å²) in [7, 11) is 2.67. The molecule has 58 valence electrons. The molecule has 0 saturated carbocycles. The van der Waals surface area contributed by atoms with Gasteiger partial charge in [0, 0.05) is 0 Å². The van der Waals surface area contributed by atoms with E-state index in [1.54, 1.807) is 6.26 Å². The van der Waals surface area contributed by atoms with Crippen molar-refractivity contribution in [2.24, 2.45) is 5.16 Å². The first-order valence-corrected chi connectivity index (χ1v) is 3.72. The summed E-state index contributed by atoms with van der Waals surface area (Å²) in [5.74, 6) is -0.477. The Bertz CT molecular complexity index is 146. The van der Waals surface area contributed by atoms with Crippen molar-refractivity contribution >= 4 is 22.8 Å². The molecule has 5 heteroatoms. The van der Waals surface area contributed by atoms with Gasteiger partial charge in [-0.1, -0.05) is 16.9 Å². The van der Waals surface area contributed by atoms with Gasteiger partial charge in [-0.2, -0.15) is 0 Å². The molecule has 0 spiro atoms. The lowest BCUT2D eigenvalue weighted by atomic mass is 10.7. The molecule has 0 aliphatic carbocycles. The van der Waals surface area contributed by atoms with E-state index >= 15 is 0 Å². The Hall–Kier alpha value is -0.710. The third-order valence-electron chi connectivity index (χ3n) is 0.728. The van der Waals surface area contributed by atoms with E-state index in [1.807, 2.05) is 0 Å². The second-order valence-corrected chi connectivity index (χ2v) is 2.07. The summed E-state index contributed by atoms with van der Waals surface area (Å²) in [5, 5.41) is 3.63. The maximum Gasteiger partial charge on any atom is 0.366 e. The zero-order valence-corrected chi connectivity index (χ0v) is 6.90. The lowest BCUT2D eigenvalue weighted by Gasteiger charge is -1.97. The first kappa shape index (κ1) is 9.29. The molecule has 0 amide bonds. The second-order valence-electron chi connectivity index (χ2n) is 1.27. The molecule has 0 aromatic rings. The predicted octanol–water partition coefficient (Wildman–Crippen LogP) is 0.482. The molecule has 0 aliphatic heterocycles. The Labute approximate surface area is 63.6 Å². The van der Waals surface area contributed by atoms with Crippen LogP contribution in [0.3, 0.4) is 0 Å². The molecular weight excluding hydrogens is 154 g/mol. The van der Waals surface area contributed by atoms with Crippen molar-refractivity contribution in [1.29, 1.82) is 0 Å². The summed E-state index contributed by atoms with van der Waals surface area (Å²) < 4.78 is 4.39. The van der Waals surface area contributed by atoms with E-state index in [-0.39, 0.29) is 5.04 Å². The number of methoxy groups -OCH3 is 1. The number of hydrogen-bond donors (Lipinski definition) is 0. The van der Waals surface area contributed by atoms with Crippen molar-refractivity contribution in [2.75, 3.05) is 20.5 Å². The van der Waals surface area contributed by atoms with E-state index in [1.165, 1.54) is 26.0 Å². The Kier molecular flexibility index (Phi) is 4.74. The van der Waals surface area contributed by atoms with Crippen LogP contribution in [0.4, 0.5) is 0 Å². The smallest absolute Gasteiger partial charge is 0.366 e. The van der Waals surface area contributed by atoms with Crippen LogP contribution in [0.25, 0.3) is 0 Å². The van der Waals surface area contributed by atoms with Gasteiger partial charge in [-0.15, -0.1) is 0 Å². The van der Waals surface area contributed by atoms with E-state index in [4.69, 9.17) is 0 Å². The highest BCUT2D eigenvalue weighted by molar-refractivity contribution is 8.15. The standard InChI is InChI=1S/C5H9NO3S/c1-8-5(7)4(10-3)6-9-2/h1-3H3. The van der Waals surface area contributed by atoms with Crippen LogP contribution in [0, 0.1) is 0 Å². The molecule has 0 bridgehead atoms. The number of oxime groups is 1. The summed E-state index contributed by atoms with van der Waals surface area (Å²) in [5.41, 5.74) is 0. The molecule has 10 heavy (non-hydrogen) atoms. The van der Waals surface area contributed by atoms with Crippen molar-refractivity contribution in [3.8, 4) is 0 Å². The number of carbonyl (C=O) groups is 1. The van der Waals surface area contributed by atoms with Crippen LogP contribution in [0.15, 0.2) is 5.16 Å². The number of hydrogen-bond acceptors (Lipinski definition) is 5. The van der Waals surface area contributed by atoms with Crippen LogP contribution in [0.1, 0.15) is 0 Å². The average Bonchev–Trinajstić information content (AvgIpc) is 1.99. The molecule has 0 atom stereocenters. The number of carbonyl (C=O) groups excluding carboxylic acids is 1. The minimum Gasteiger partial charge on any atom is -0.464 e. The topological polar surface area (TPSA) is 47.9 Å². The summed E-state index contributed by atoms with van der Waals surface area (Å²) in [4.78, 5) is 15.1. The molecule has 0 aromatic heterocycles. The van der Waals surface area contributed by atoms with Crippen molar-refractivity contribution in [2.45, 2.75) is 0 Å². The van der Waals surface area contributed by atoms with Gasteiger partial charge in [0.2, 0.25) is 5.04 Å². The fourth-order valence-corrected chi connectivity index (χ4v) is 0.727. The summed E-state index contributed by atoms with van der Waals surface area (Å²) in [6, 6.07) is 0. The monoisotopic (exact) mass is 163 g/mol. The molecule has 0 aromatic carbocycles. The second kappa shape index (κ2) is 5.10. The average molecular weight is 163 g/mol. The van der Waals surface area contributed by atoms with Gasteiger partial charge in [-0.3, -0.25) is 0 Å². The lowest BCUT2D eigenvalue weighted by molar-refractivity contribution is -0.132. The van der Waals surface area contributed by atoms with E-state index in [9.17, 15) is 4.79 Å². The maximum absolute atomic E-state index is 10.7. The van der Waals surface area contributed by atoms with Gasteiger partial charge in [0.05, 0.1) is 7.11 Å². The Balaban J connectivity index is 4.06. The summed E-state index contributed by atoms with van der Waals surface area (Å²) in [6.07, 6.45) is 1.72. The largest absolute Gasteiger partial charge is 0.464 e. The predicted molar refractivity (Wildman–Crippen MR) is 40.0 cm³/mol. The molecule has 0 aliphatic rings. The number of thioether (sulfide) groups is 1. The molecule has 4 nitrogen and oxygen atoms in total. The van der Waals surface area contributed by atoms with Gasteiger partial charge < -0.3 is 9.57 Å². The van der Waals surface area contributed by atoms with Crippen molar-refractivity contribution in [3.05, 3.63) is 0 Å². The van der Waals surface area contributed by atoms with Crippen LogP contribution in [0.2, 0.25) is 0 Å². The molecule has 0 heterocycles. The fourth-order valence-electron chi connectivity index (χ4n) is 0.328. The summed E-state index contributed by atoms with van der Waals surface area (Å²) in [6.45, 7) is 0. The zero-order chi connectivity index (χ0) is 7.98. The van der Waals surface area contributed by atoms with Crippen molar-refractivity contribution in [3.63, 3.8) is 0 Å². The van der Waals surface area contributed by atoms with Crippen LogP contribution in [-0.4, -0.2) is 31.5 Å². The van der Waals surface area contributed by atoms with Crippen molar-refractivity contribution < 1.29 is 14.4 Å². The normalized spacial score (nSPS) is 10.9. The van der Waals surface area contributed by atoms with Gasteiger partial charge in [-0.25, -0.2) is 4.79 Å². The maximum atomic E-state index is 10.7. The third kappa shape index (κ3) is 2.72. The first-order chi connectivity index (χ1) is 4.76. The SMILES string of the molecule is CON=C(SC)C(=O)OC.